The van der Waals surface area contributed by atoms with Gasteiger partial charge in [0, 0.05) is 5.39 Å². The number of benzene rings is 2. The fourth-order valence-corrected chi connectivity index (χ4v) is 2.28. The van der Waals surface area contributed by atoms with Crippen molar-refractivity contribution >= 4 is 23.1 Å². The minimum Gasteiger partial charge on any atom is -0.506 e. The van der Waals surface area contributed by atoms with Crippen LogP contribution < -0.4 is 4.74 Å². The van der Waals surface area contributed by atoms with Crippen LogP contribution in [-0.2, 0) is 0 Å². The second kappa shape index (κ2) is 6.79. The SMILES string of the molecule is C=CCOc1cccc(/C=C/c2ccc3cccc(O)c3n2)c1. The topological polar surface area (TPSA) is 42.4 Å². The molecule has 0 aliphatic heterocycles. The summed E-state index contributed by atoms with van der Waals surface area (Å²) in [6, 6.07) is 17.1. The van der Waals surface area contributed by atoms with Gasteiger partial charge in [0.1, 0.15) is 23.6 Å². The lowest BCUT2D eigenvalue weighted by atomic mass is 10.1. The lowest BCUT2D eigenvalue weighted by Crippen LogP contribution is -1.92. The van der Waals surface area contributed by atoms with Gasteiger partial charge < -0.3 is 9.84 Å². The maximum atomic E-state index is 9.89. The summed E-state index contributed by atoms with van der Waals surface area (Å²) >= 11 is 0. The number of hydrogen-bond acceptors (Lipinski definition) is 3. The van der Waals surface area contributed by atoms with Crippen LogP contribution in [0, 0.1) is 0 Å². The highest BCUT2D eigenvalue weighted by Gasteiger charge is 2.01. The second-order valence-corrected chi connectivity index (χ2v) is 5.09. The highest BCUT2D eigenvalue weighted by atomic mass is 16.5. The van der Waals surface area contributed by atoms with Gasteiger partial charge in [-0.05, 0) is 35.9 Å². The third kappa shape index (κ3) is 3.58. The number of rotatable bonds is 5. The summed E-state index contributed by atoms with van der Waals surface area (Å²) in [6.45, 7) is 4.12. The Morgan fingerprint density at radius 3 is 2.78 bits per heavy atom. The highest BCUT2D eigenvalue weighted by Crippen LogP contribution is 2.23. The molecule has 3 rings (SSSR count). The summed E-state index contributed by atoms with van der Waals surface area (Å²) in [5, 5.41) is 10.8. The number of phenolic OH excluding ortho intramolecular Hbond substituents is 1. The van der Waals surface area contributed by atoms with E-state index >= 15 is 0 Å². The van der Waals surface area contributed by atoms with Gasteiger partial charge in [-0.3, -0.25) is 0 Å². The Hall–Kier alpha value is -3.07. The first kappa shape index (κ1) is 14.9. The summed E-state index contributed by atoms with van der Waals surface area (Å²) in [5.41, 5.74) is 2.42. The first-order chi connectivity index (χ1) is 11.3. The normalized spacial score (nSPS) is 11.0. The number of aromatic nitrogens is 1. The second-order valence-electron chi connectivity index (χ2n) is 5.09. The molecule has 3 nitrogen and oxygen atoms in total. The van der Waals surface area contributed by atoms with E-state index in [2.05, 4.69) is 11.6 Å². The van der Waals surface area contributed by atoms with Gasteiger partial charge in [-0.15, -0.1) is 0 Å². The largest absolute Gasteiger partial charge is 0.506 e. The number of phenols is 1. The van der Waals surface area contributed by atoms with Gasteiger partial charge >= 0.3 is 0 Å². The van der Waals surface area contributed by atoms with Crippen molar-refractivity contribution in [1.82, 2.24) is 4.98 Å². The summed E-state index contributed by atoms with van der Waals surface area (Å²) in [5.74, 6) is 0.994. The minimum absolute atomic E-state index is 0.192. The van der Waals surface area contributed by atoms with Crippen molar-refractivity contribution in [2.24, 2.45) is 0 Å². The highest BCUT2D eigenvalue weighted by molar-refractivity contribution is 5.85. The first-order valence-corrected chi connectivity index (χ1v) is 7.37. The molecule has 0 saturated carbocycles. The number of aromatic hydroxyl groups is 1. The van der Waals surface area contributed by atoms with E-state index in [0.29, 0.717) is 12.1 Å². The average Bonchev–Trinajstić information content (AvgIpc) is 2.59. The predicted octanol–water partition coefficient (Wildman–Crippen LogP) is 4.68. The molecule has 0 bridgehead atoms. The van der Waals surface area contributed by atoms with Crippen molar-refractivity contribution in [2.45, 2.75) is 0 Å². The summed E-state index contributed by atoms with van der Waals surface area (Å²) in [4.78, 5) is 4.48. The van der Waals surface area contributed by atoms with E-state index in [1.54, 1.807) is 12.1 Å². The van der Waals surface area contributed by atoms with Gasteiger partial charge in [0.05, 0.1) is 5.69 Å². The Kier molecular flexibility index (Phi) is 4.39. The van der Waals surface area contributed by atoms with E-state index < -0.39 is 0 Å². The zero-order valence-corrected chi connectivity index (χ0v) is 12.6. The van der Waals surface area contributed by atoms with Crippen LogP contribution in [0.5, 0.6) is 11.5 Å². The number of pyridine rings is 1. The molecule has 23 heavy (non-hydrogen) atoms. The molecule has 0 spiro atoms. The van der Waals surface area contributed by atoms with E-state index in [9.17, 15) is 5.11 Å². The van der Waals surface area contributed by atoms with Gasteiger partial charge in [-0.25, -0.2) is 4.98 Å². The van der Waals surface area contributed by atoms with Crippen LogP contribution in [-0.4, -0.2) is 16.7 Å². The molecule has 0 fully saturated rings. The van der Waals surface area contributed by atoms with Crippen molar-refractivity contribution in [2.75, 3.05) is 6.61 Å². The molecule has 0 amide bonds. The Morgan fingerprint density at radius 1 is 1.04 bits per heavy atom. The van der Waals surface area contributed by atoms with E-state index in [-0.39, 0.29) is 5.75 Å². The van der Waals surface area contributed by atoms with Crippen molar-refractivity contribution in [1.29, 1.82) is 0 Å². The average molecular weight is 303 g/mol. The third-order valence-electron chi connectivity index (χ3n) is 3.39. The van der Waals surface area contributed by atoms with Crippen molar-refractivity contribution < 1.29 is 9.84 Å². The zero-order valence-electron chi connectivity index (χ0n) is 12.6. The summed E-state index contributed by atoms with van der Waals surface area (Å²) in [7, 11) is 0. The fourth-order valence-electron chi connectivity index (χ4n) is 2.28. The molecule has 1 aromatic heterocycles. The third-order valence-corrected chi connectivity index (χ3v) is 3.39. The lowest BCUT2D eigenvalue weighted by molar-refractivity contribution is 0.363. The van der Waals surface area contributed by atoms with E-state index in [1.807, 2.05) is 60.7 Å². The molecular weight excluding hydrogens is 286 g/mol. The summed E-state index contributed by atoms with van der Waals surface area (Å²) in [6.07, 6.45) is 5.60. The Morgan fingerprint density at radius 2 is 1.91 bits per heavy atom. The molecule has 0 radical (unpaired) electrons. The van der Waals surface area contributed by atoms with Gasteiger partial charge in [0.2, 0.25) is 0 Å². The maximum Gasteiger partial charge on any atom is 0.141 e. The molecule has 0 saturated heterocycles. The number of hydrogen-bond donors (Lipinski definition) is 1. The zero-order chi connectivity index (χ0) is 16.1. The van der Waals surface area contributed by atoms with Crippen LogP contribution in [0.4, 0.5) is 0 Å². The molecule has 3 aromatic rings. The Labute approximate surface area is 135 Å². The van der Waals surface area contributed by atoms with Crippen LogP contribution in [0.15, 0.2) is 67.3 Å². The van der Waals surface area contributed by atoms with Gasteiger partial charge in [0.15, 0.2) is 0 Å². The molecule has 0 aliphatic carbocycles. The number of para-hydroxylation sites is 1. The predicted molar refractivity (Wildman–Crippen MR) is 94.5 cm³/mol. The van der Waals surface area contributed by atoms with Crippen LogP contribution in [0.25, 0.3) is 23.1 Å². The maximum absolute atomic E-state index is 9.89. The van der Waals surface area contributed by atoms with Crippen molar-refractivity contribution in [3.8, 4) is 11.5 Å². The Balaban J connectivity index is 1.85. The Bertz CT molecular complexity index is 868. The molecule has 3 heteroatoms. The molecule has 0 unspecified atom stereocenters. The molecule has 114 valence electrons. The van der Waals surface area contributed by atoms with E-state index in [4.69, 9.17) is 4.74 Å². The van der Waals surface area contributed by atoms with Gasteiger partial charge in [0.25, 0.3) is 0 Å². The molecular formula is C20H17NO2. The smallest absolute Gasteiger partial charge is 0.141 e. The summed E-state index contributed by atoms with van der Waals surface area (Å²) < 4.78 is 5.52. The van der Waals surface area contributed by atoms with Crippen LogP contribution in [0.1, 0.15) is 11.3 Å². The quantitative estimate of drug-likeness (QED) is 0.696. The van der Waals surface area contributed by atoms with Gasteiger partial charge in [-0.1, -0.05) is 49.1 Å². The number of fused-ring (bicyclic) bond motifs is 1. The minimum atomic E-state index is 0.192. The molecule has 1 heterocycles. The van der Waals surface area contributed by atoms with E-state index in [0.717, 1.165) is 22.4 Å². The van der Waals surface area contributed by atoms with Crippen molar-refractivity contribution in [3.05, 3.63) is 78.5 Å². The lowest BCUT2D eigenvalue weighted by Gasteiger charge is -2.04. The van der Waals surface area contributed by atoms with Crippen LogP contribution in [0.3, 0.4) is 0 Å². The molecule has 0 aliphatic rings. The monoisotopic (exact) mass is 303 g/mol. The molecule has 2 aromatic carbocycles. The number of nitrogens with zero attached hydrogens (tertiary/aromatic N) is 1. The number of ether oxygens (including phenoxy) is 1. The van der Waals surface area contributed by atoms with Crippen molar-refractivity contribution in [3.63, 3.8) is 0 Å². The molecule has 0 atom stereocenters. The standard InChI is InChI=1S/C20H17NO2/c1-2-13-23-18-7-3-5-15(14-18)9-11-17-12-10-16-6-4-8-19(22)20(16)21-17/h2-12,14,22H,1,13H2/b11-9+. The first-order valence-electron chi connectivity index (χ1n) is 7.37. The van der Waals surface area contributed by atoms with Crippen LogP contribution in [0.2, 0.25) is 0 Å². The van der Waals surface area contributed by atoms with E-state index in [1.165, 1.54) is 0 Å². The van der Waals surface area contributed by atoms with Crippen LogP contribution >= 0.6 is 0 Å². The molecule has 1 N–H and O–H groups in total. The fraction of sp³-hybridized carbons (Fsp3) is 0.0500. The van der Waals surface area contributed by atoms with Gasteiger partial charge in [-0.2, -0.15) is 0 Å².